The zero-order valence-electron chi connectivity index (χ0n) is 24.3. The van der Waals surface area contributed by atoms with E-state index in [1.165, 1.54) is 0 Å². The van der Waals surface area contributed by atoms with E-state index >= 15 is 0 Å². The van der Waals surface area contributed by atoms with Crippen LogP contribution >= 0.6 is 11.6 Å². The van der Waals surface area contributed by atoms with Gasteiger partial charge in [-0.15, -0.1) is 0 Å². The topological polar surface area (TPSA) is 137 Å². The van der Waals surface area contributed by atoms with Crippen LogP contribution in [-0.4, -0.2) is 65.6 Å². The SMILES string of the molecule is O=CC(O)(CCC(=O)N1CCNC(c2ccccc2)C1)NC(=O)[C@H](CC1CCCCC1)NC(=O)OCc1cccc(Cl)c1. The first-order valence-electron chi connectivity index (χ1n) is 15.0. The number of nitrogens with zero attached hydrogens (tertiary/aromatic N) is 1. The van der Waals surface area contributed by atoms with Crippen LogP contribution in [0.2, 0.25) is 5.02 Å². The Morgan fingerprint density at radius 1 is 1.12 bits per heavy atom. The highest BCUT2D eigenvalue weighted by molar-refractivity contribution is 6.30. The molecular weight excluding hydrogens is 572 g/mol. The van der Waals surface area contributed by atoms with E-state index in [2.05, 4.69) is 16.0 Å². The largest absolute Gasteiger partial charge is 0.445 e. The normalized spacial score (nSPS) is 19.5. The molecule has 0 radical (unpaired) electrons. The van der Waals surface area contributed by atoms with E-state index in [1.54, 1.807) is 29.2 Å². The van der Waals surface area contributed by atoms with Crippen LogP contribution < -0.4 is 16.0 Å². The molecule has 1 heterocycles. The van der Waals surface area contributed by atoms with Crippen LogP contribution in [-0.2, 0) is 25.7 Å². The number of carbonyl (C=O) groups is 4. The predicted octanol–water partition coefficient (Wildman–Crippen LogP) is 3.86. The minimum atomic E-state index is -2.27. The summed E-state index contributed by atoms with van der Waals surface area (Å²) in [6.07, 6.45) is 4.38. The van der Waals surface area contributed by atoms with Crippen molar-refractivity contribution in [2.45, 2.75) is 75.8 Å². The molecule has 2 fully saturated rings. The van der Waals surface area contributed by atoms with Crippen LogP contribution in [0.1, 0.15) is 68.5 Å². The molecule has 11 heteroatoms. The Bertz CT molecular complexity index is 1240. The quantitative estimate of drug-likeness (QED) is 0.211. The van der Waals surface area contributed by atoms with E-state index in [9.17, 15) is 24.3 Å². The number of rotatable bonds is 12. The molecule has 3 atom stereocenters. The third kappa shape index (κ3) is 10.0. The Morgan fingerprint density at radius 2 is 1.88 bits per heavy atom. The summed E-state index contributed by atoms with van der Waals surface area (Å²) in [5.41, 5.74) is -0.508. The van der Waals surface area contributed by atoms with Crippen LogP contribution in [0.3, 0.4) is 0 Å². The maximum absolute atomic E-state index is 13.4. The fraction of sp³-hybridized carbons (Fsp3) is 0.500. The fourth-order valence-corrected chi connectivity index (χ4v) is 5.95. The number of amides is 3. The molecule has 3 amide bonds. The zero-order chi connectivity index (χ0) is 30.7. The van der Waals surface area contributed by atoms with Crippen molar-refractivity contribution in [3.8, 4) is 0 Å². The van der Waals surface area contributed by atoms with Gasteiger partial charge in [0.2, 0.25) is 11.8 Å². The molecule has 2 unspecified atom stereocenters. The van der Waals surface area contributed by atoms with Crippen molar-refractivity contribution in [1.29, 1.82) is 0 Å². The Labute approximate surface area is 257 Å². The van der Waals surface area contributed by atoms with Crippen molar-refractivity contribution in [1.82, 2.24) is 20.9 Å². The molecule has 0 spiro atoms. The number of ether oxygens (including phenoxy) is 1. The molecule has 232 valence electrons. The lowest BCUT2D eigenvalue weighted by atomic mass is 9.84. The number of hydrogen-bond acceptors (Lipinski definition) is 7. The number of nitrogens with one attached hydrogen (secondary N) is 3. The van der Waals surface area contributed by atoms with E-state index in [0.29, 0.717) is 36.6 Å². The van der Waals surface area contributed by atoms with Crippen LogP contribution in [0.5, 0.6) is 0 Å². The number of halogens is 1. The standard InChI is InChI=1S/C32H41ClN4O6/c33-26-13-7-10-24(18-26)21-43-31(41)35-27(19-23-8-3-1-4-9-23)30(40)36-32(42,22-38)15-14-29(39)37-17-16-34-28(20-37)25-11-5-2-6-12-25/h2,5-7,10-13,18,22-23,27-28,34,42H,1,3-4,8-9,14-17,19-21H2,(H,35,41)(H,36,40)/t27-,28?,32?/m0/s1. The van der Waals surface area contributed by atoms with Gasteiger partial charge in [0.15, 0.2) is 12.0 Å². The van der Waals surface area contributed by atoms with Gasteiger partial charge in [0.25, 0.3) is 0 Å². The van der Waals surface area contributed by atoms with E-state index < -0.39 is 23.8 Å². The third-order valence-electron chi connectivity index (χ3n) is 8.15. The summed E-state index contributed by atoms with van der Waals surface area (Å²) < 4.78 is 5.32. The second-order valence-corrected chi connectivity index (χ2v) is 11.9. The first kappa shape index (κ1) is 32.4. The molecule has 2 aromatic carbocycles. The monoisotopic (exact) mass is 612 g/mol. The second-order valence-electron chi connectivity index (χ2n) is 11.4. The molecule has 1 saturated heterocycles. The summed E-state index contributed by atoms with van der Waals surface area (Å²) >= 11 is 6.00. The van der Waals surface area contributed by atoms with Crippen molar-refractivity contribution in [3.05, 3.63) is 70.7 Å². The van der Waals surface area contributed by atoms with Gasteiger partial charge in [-0.2, -0.15) is 0 Å². The molecule has 43 heavy (non-hydrogen) atoms. The zero-order valence-corrected chi connectivity index (χ0v) is 25.1. The number of benzene rings is 2. The fourth-order valence-electron chi connectivity index (χ4n) is 5.74. The Morgan fingerprint density at radius 3 is 2.60 bits per heavy atom. The van der Waals surface area contributed by atoms with Crippen molar-refractivity contribution < 1.29 is 29.0 Å². The van der Waals surface area contributed by atoms with Gasteiger partial charge in [-0.25, -0.2) is 4.79 Å². The molecule has 2 aromatic rings. The van der Waals surface area contributed by atoms with Gasteiger partial charge in [0, 0.05) is 43.5 Å². The average Bonchev–Trinajstić information content (AvgIpc) is 3.03. The van der Waals surface area contributed by atoms with Gasteiger partial charge < -0.3 is 30.7 Å². The highest BCUT2D eigenvalue weighted by Crippen LogP contribution is 2.28. The number of hydrogen-bond donors (Lipinski definition) is 4. The van der Waals surface area contributed by atoms with Crippen LogP contribution in [0.4, 0.5) is 4.79 Å². The molecule has 0 bridgehead atoms. The lowest BCUT2D eigenvalue weighted by molar-refractivity contribution is -0.143. The van der Waals surface area contributed by atoms with Crippen LogP contribution in [0.15, 0.2) is 54.6 Å². The number of alkyl carbamates (subject to hydrolysis) is 1. The summed E-state index contributed by atoms with van der Waals surface area (Å²) in [5, 5.41) is 19.9. The predicted molar refractivity (Wildman–Crippen MR) is 162 cm³/mol. The highest BCUT2D eigenvalue weighted by Gasteiger charge is 2.35. The molecule has 1 aliphatic heterocycles. The van der Waals surface area contributed by atoms with Gasteiger partial charge >= 0.3 is 6.09 Å². The van der Waals surface area contributed by atoms with Gasteiger partial charge in [-0.05, 0) is 35.6 Å². The van der Waals surface area contributed by atoms with Crippen molar-refractivity contribution in [2.75, 3.05) is 19.6 Å². The van der Waals surface area contributed by atoms with E-state index in [-0.39, 0.29) is 43.6 Å². The van der Waals surface area contributed by atoms with E-state index in [1.807, 2.05) is 30.3 Å². The molecule has 2 aliphatic rings. The summed E-state index contributed by atoms with van der Waals surface area (Å²) in [6.45, 7) is 1.53. The van der Waals surface area contributed by atoms with Crippen molar-refractivity contribution in [3.63, 3.8) is 0 Å². The summed E-state index contributed by atoms with van der Waals surface area (Å²) in [4.78, 5) is 52.8. The molecule has 0 aromatic heterocycles. The highest BCUT2D eigenvalue weighted by atomic mass is 35.5. The van der Waals surface area contributed by atoms with Gasteiger partial charge in [0.05, 0.1) is 0 Å². The average molecular weight is 613 g/mol. The lowest BCUT2D eigenvalue weighted by Crippen LogP contribution is -2.57. The summed E-state index contributed by atoms with van der Waals surface area (Å²) in [6, 6.07) is 15.7. The van der Waals surface area contributed by atoms with E-state index in [0.717, 1.165) is 37.7 Å². The van der Waals surface area contributed by atoms with Crippen molar-refractivity contribution in [2.24, 2.45) is 5.92 Å². The Hall–Kier alpha value is -3.47. The van der Waals surface area contributed by atoms with Crippen molar-refractivity contribution >= 4 is 35.8 Å². The minimum Gasteiger partial charge on any atom is -0.445 e. The van der Waals surface area contributed by atoms with Gasteiger partial charge in [0.1, 0.15) is 12.6 Å². The van der Waals surface area contributed by atoms with Gasteiger partial charge in [-0.1, -0.05) is 86.2 Å². The summed E-state index contributed by atoms with van der Waals surface area (Å²) in [7, 11) is 0. The molecule has 1 saturated carbocycles. The minimum absolute atomic E-state index is 0.0196. The van der Waals surface area contributed by atoms with Gasteiger partial charge in [-0.3, -0.25) is 14.4 Å². The number of carbonyl (C=O) groups excluding carboxylic acids is 4. The smallest absolute Gasteiger partial charge is 0.408 e. The molecule has 4 rings (SSSR count). The maximum atomic E-state index is 13.4. The Kier molecular flexibility index (Phi) is 12.0. The second kappa shape index (κ2) is 15.8. The first-order valence-corrected chi connectivity index (χ1v) is 15.4. The third-order valence-corrected chi connectivity index (χ3v) is 8.38. The number of aliphatic hydroxyl groups is 1. The molecular formula is C32H41ClN4O6. The lowest BCUT2D eigenvalue weighted by Gasteiger charge is -2.35. The van der Waals surface area contributed by atoms with E-state index in [4.69, 9.17) is 16.3 Å². The Balaban J connectivity index is 1.34. The number of piperazine rings is 1. The molecule has 10 nitrogen and oxygen atoms in total. The molecule has 4 N–H and O–H groups in total. The van der Waals surface area contributed by atoms with Crippen LogP contribution in [0.25, 0.3) is 0 Å². The molecule has 1 aliphatic carbocycles. The first-order chi connectivity index (χ1) is 20.7. The maximum Gasteiger partial charge on any atom is 0.408 e. The van der Waals surface area contributed by atoms with Crippen LogP contribution in [0, 0.1) is 5.92 Å². The number of aldehydes is 1. The summed E-state index contributed by atoms with van der Waals surface area (Å²) in [5.74, 6) is -0.731.